The molecule has 6 heteroatoms. The van der Waals surface area contributed by atoms with Gasteiger partial charge in [-0.25, -0.2) is 0 Å². The fourth-order valence-corrected chi connectivity index (χ4v) is 2.12. The number of benzene rings is 1. The summed E-state index contributed by atoms with van der Waals surface area (Å²) in [5, 5.41) is 10.4. The molecular formula is C13H21Cl2NO3. The normalized spacial score (nSPS) is 13.7. The van der Waals surface area contributed by atoms with Gasteiger partial charge in [-0.1, -0.05) is 31.5 Å². The first kappa shape index (κ1) is 18.3. The van der Waals surface area contributed by atoms with E-state index in [0.717, 1.165) is 0 Å². The van der Waals surface area contributed by atoms with E-state index >= 15 is 0 Å². The highest BCUT2D eigenvalue weighted by Crippen LogP contribution is 2.40. The first-order valence-corrected chi connectivity index (χ1v) is 6.15. The van der Waals surface area contributed by atoms with E-state index in [0.29, 0.717) is 22.1 Å². The van der Waals surface area contributed by atoms with Gasteiger partial charge >= 0.3 is 0 Å². The highest BCUT2D eigenvalue weighted by Gasteiger charge is 2.24. The van der Waals surface area contributed by atoms with E-state index in [-0.39, 0.29) is 18.3 Å². The lowest BCUT2D eigenvalue weighted by molar-refractivity contribution is 0.0979. The Bertz CT molecular complexity index is 413. The van der Waals surface area contributed by atoms with Crippen molar-refractivity contribution in [1.82, 2.24) is 0 Å². The van der Waals surface area contributed by atoms with Crippen LogP contribution >= 0.6 is 24.0 Å². The molecule has 19 heavy (non-hydrogen) atoms. The smallest absolute Gasteiger partial charge is 0.179 e. The first-order chi connectivity index (χ1) is 8.43. The lowest BCUT2D eigenvalue weighted by Gasteiger charge is -2.24. The molecule has 0 aliphatic rings. The van der Waals surface area contributed by atoms with Crippen LogP contribution in [0.2, 0.25) is 5.02 Å². The average Bonchev–Trinajstić information content (AvgIpc) is 2.36. The maximum atomic E-state index is 10.0. The molecule has 0 aromatic heterocycles. The van der Waals surface area contributed by atoms with Crippen LogP contribution in [0.1, 0.15) is 25.5 Å². The van der Waals surface area contributed by atoms with Gasteiger partial charge in [0.2, 0.25) is 0 Å². The van der Waals surface area contributed by atoms with Gasteiger partial charge in [0.15, 0.2) is 11.5 Å². The zero-order valence-electron chi connectivity index (χ0n) is 11.5. The third-order valence-corrected chi connectivity index (χ3v) is 3.31. The predicted molar refractivity (Wildman–Crippen MR) is 79.6 cm³/mol. The number of nitrogens with two attached hydrogens (primary N) is 1. The molecule has 0 fully saturated rings. The summed E-state index contributed by atoms with van der Waals surface area (Å²) in [5.41, 5.74) is 6.67. The van der Waals surface area contributed by atoms with Crippen molar-refractivity contribution in [2.24, 2.45) is 11.7 Å². The Hall–Kier alpha value is -0.680. The van der Waals surface area contributed by atoms with Gasteiger partial charge in [-0.3, -0.25) is 0 Å². The van der Waals surface area contributed by atoms with E-state index in [1.54, 1.807) is 12.1 Å². The Morgan fingerprint density at radius 1 is 1.21 bits per heavy atom. The number of aliphatic hydroxyl groups is 1. The van der Waals surface area contributed by atoms with Crippen molar-refractivity contribution in [1.29, 1.82) is 0 Å². The molecule has 0 amide bonds. The number of ether oxygens (including phenoxy) is 2. The zero-order valence-corrected chi connectivity index (χ0v) is 13.1. The van der Waals surface area contributed by atoms with Gasteiger partial charge in [-0.2, -0.15) is 0 Å². The molecule has 4 nitrogen and oxygen atoms in total. The van der Waals surface area contributed by atoms with Crippen molar-refractivity contribution in [3.63, 3.8) is 0 Å². The Morgan fingerprint density at radius 2 is 1.79 bits per heavy atom. The van der Waals surface area contributed by atoms with E-state index in [9.17, 15) is 5.11 Å². The molecule has 0 radical (unpaired) electrons. The maximum absolute atomic E-state index is 10.0. The van der Waals surface area contributed by atoms with E-state index in [4.69, 9.17) is 26.8 Å². The van der Waals surface area contributed by atoms with Crippen LogP contribution in [0.25, 0.3) is 0 Å². The summed E-state index contributed by atoms with van der Waals surface area (Å²) in [6.45, 7) is 3.80. The Labute approximate surface area is 125 Å². The summed E-state index contributed by atoms with van der Waals surface area (Å²) >= 11 is 6.24. The molecule has 0 saturated carbocycles. The molecule has 0 unspecified atom stereocenters. The second kappa shape index (κ2) is 7.80. The van der Waals surface area contributed by atoms with Crippen LogP contribution < -0.4 is 15.2 Å². The summed E-state index contributed by atoms with van der Waals surface area (Å²) < 4.78 is 10.4. The molecular weight excluding hydrogens is 289 g/mol. The van der Waals surface area contributed by atoms with Crippen molar-refractivity contribution in [3.05, 3.63) is 22.7 Å². The monoisotopic (exact) mass is 309 g/mol. The highest BCUT2D eigenvalue weighted by atomic mass is 35.5. The second-order valence-corrected chi connectivity index (χ2v) is 4.84. The van der Waals surface area contributed by atoms with Crippen LogP contribution in [0.3, 0.4) is 0 Å². The molecule has 1 aromatic carbocycles. The minimum Gasteiger partial charge on any atom is -0.493 e. The van der Waals surface area contributed by atoms with Crippen LogP contribution in [0.15, 0.2) is 12.1 Å². The molecule has 0 aliphatic carbocycles. The Balaban J connectivity index is 0.00000324. The standard InChI is InChI=1S/C13H20ClNO3.ClH/c1-7(2)12(16)11(15)8-5-6-9(17-3)13(18-4)10(8)14;/h5-7,11-12,16H,15H2,1-4H3;1H/t11-,12+;/m1./s1. The second-order valence-electron chi connectivity index (χ2n) is 4.46. The number of aliphatic hydroxyl groups excluding tert-OH is 1. The topological polar surface area (TPSA) is 64.7 Å². The van der Waals surface area contributed by atoms with Gasteiger partial charge in [0.1, 0.15) is 0 Å². The van der Waals surface area contributed by atoms with Crippen LogP contribution in [-0.4, -0.2) is 25.4 Å². The molecule has 1 aromatic rings. The largest absolute Gasteiger partial charge is 0.493 e. The third kappa shape index (κ3) is 3.89. The first-order valence-electron chi connectivity index (χ1n) is 5.78. The molecule has 1 rings (SSSR count). The Morgan fingerprint density at radius 3 is 2.21 bits per heavy atom. The summed E-state index contributed by atoms with van der Waals surface area (Å²) in [4.78, 5) is 0. The van der Waals surface area contributed by atoms with Crippen molar-refractivity contribution in [3.8, 4) is 11.5 Å². The van der Waals surface area contributed by atoms with Gasteiger partial charge in [-0.05, 0) is 17.5 Å². The predicted octanol–water partition coefficient (Wildman–Crippen LogP) is 2.80. The highest BCUT2D eigenvalue weighted by molar-refractivity contribution is 6.33. The summed E-state index contributed by atoms with van der Waals surface area (Å²) in [7, 11) is 3.05. The number of rotatable bonds is 5. The minimum atomic E-state index is -0.666. The lowest BCUT2D eigenvalue weighted by atomic mass is 9.94. The molecule has 0 spiro atoms. The van der Waals surface area contributed by atoms with Crippen molar-refractivity contribution >= 4 is 24.0 Å². The van der Waals surface area contributed by atoms with Crippen LogP contribution in [0.4, 0.5) is 0 Å². The Kier molecular flexibility index (Phi) is 7.52. The number of hydrogen-bond donors (Lipinski definition) is 2. The molecule has 0 heterocycles. The molecule has 3 N–H and O–H groups in total. The van der Waals surface area contributed by atoms with E-state index in [2.05, 4.69) is 0 Å². The quantitative estimate of drug-likeness (QED) is 0.878. The zero-order chi connectivity index (χ0) is 13.9. The van der Waals surface area contributed by atoms with Crippen LogP contribution in [0, 0.1) is 5.92 Å². The maximum Gasteiger partial charge on any atom is 0.179 e. The fourth-order valence-electron chi connectivity index (χ4n) is 1.76. The minimum absolute atomic E-state index is 0. The third-order valence-electron chi connectivity index (χ3n) is 2.92. The fraction of sp³-hybridized carbons (Fsp3) is 0.538. The SMILES string of the molecule is COc1ccc([C@@H](N)[C@@H](O)C(C)C)c(Cl)c1OC.Cl. The van der Waals surface area contributed by atoms with Crippen molar-refractivity contribution in [2.75, 3.05) is 14.2 Å². The van der Waals surface area contributed by atoms with E-state index < -0.39 is 12.1 Å². The van der Waals surface area contributed by atoms with Crippen molar-refractivity contribution < 1.29 is 14.6 Å². The summed E-state index contributed by atoms with van der Waals surface area (Å²) in [6.07, 6.45) is -0.666. The molecule has 0 saturated heterocycles. The molecule has 0 aliphatic heterocycles. The van der Waals surface area contributed by atoms with Gasteiger partial charge in [-0.15, -0.1) is 12.4 Å². The molecule has 110 valence electrons. The van der Waals surface area contributed by atoms with Gasteiger partial charge < -0.3 is 20.3 Å². The van der Waals surface area contributed by atoms with Gasteiger partial charge in [0, 0.05) is 0 Å². The summed E-state index contributed by atoms with van der Waals surface area (Å²) in [5.74, 6) is 1.02. The number of methoxy groups -OCH3 is 2. The van der Waals surface area contributed by atoms with E-state index in [1.807, 2.05) is 13.8 Å². The van der Waals surface area contributed by atoms with Gasteiger partial charge in [0.05, 0.1) is 31.4 Å². The molecule has 0 bridgehead atoms. The van der Waals surface area contributed by atoms with Gasteiger partial charge in [0.25, 0.3) is 0 Å². The summed E-state index contributed by atoms with van der Waals surface area (Å²) in [6, 6.07) is 2.92. The van der Waals surface area contributed by atoms with Crippen molar-refractivity contribution in [2.45, 2.75) is 26.0 Å². The van der Waals surface area contributed by atoms with Crippen LogP contribution in [0.5, 0.6) is 11.5 Å². The average molecular weight is 310 g/mol. The van der Waals surface area contributed by atoms with E-state index in [1.165, 1.54) is 14.2 Å². The number of hydrogen-bond acceptors (Lipinski definition) is 4. The molecule has 2 atom stereocenters. The van der Waals surface area contributed by atoms with Crippen LogP contribution in [-0.2, 0) is 0 Å². The number of halogens is 2. The lowest BCUT2D eigenvalue weighted by Crippen LogP contribution is -2.30.